The number of pyridine rings is 1. The van der Waals surface area contributed by atoms with Gasteiger partial charge in [-0.2, -0.15) is 5.10 Å². The molecule has 9 nitrogen and oxygen atoms in total. The van der Waals surface area contributed by atoms with Gasteiger partial charge in [0.25, 0.3) is 0 Å². The number of benzene rings is 1. The summed E-state index contributed by atoms with van der Waals surface area (Å²) in [6.45, 7) is 7.98. The number of aliphatic hydroxyl groups excluding tert-OH is 1. The zero-order chi connectivity index (χ0) is 24.7. The fourth-order valence-corrected chi connectivity index (χ4v) is 3.15. The van der Waals surface area contributed by atoms with E-state index in [9.17, 15) is 9.90 Å². The normalized spacial score (nSPS) is 12.2. The predicted molar refractivity (Wildman–Crippen MR) is 128 cm³/mol. The van der Waals surface area contributed by atoms with Crippen molar-refractivity contribution in [2.45, 2.75) is 45.8 Å². The predicted octanol–water partition coefficient (Wildman–Crippen LogP) is 4.29. The first-order valence-electron chi connectivity index (χ1n) is 11.2. The maximum absolute atomic E-state index is 11.7. The molecule has 0 spiro atoms. The highest BCUT2D eigenvalue weighted by Crippen LogP contribution is 2.29. The summed E-state index contributed by atoms with van der Waals surface area (Å²) in [7, 11) is 1.56. The highest BCUT2D eigenvalue weighted by molar-refractivity contribution is 5.67. The van der Waals surface area contributed by atoms with E-state index in [0.717, 1.165) is 16.9 Å². The van der Waals surface area contributed by atoms with Crippen LogP contribution in [0.4, 0.5) is 4.79 Å². The lowest BCUT2D eigenvalue weighted by Crippen LogP contribution is -2.34. The number of hydrogen-bond donors (Lipinski definition) is 2. The van der Waals surface area contributed by atoms with Crippen LogP contribution in [-0.2, 0) is 4.74 Å². The molecule has 34 heavy (non-hydrogen) atoms. The van der Waals surface area contributed by atoms with Crippen LogP contribution < -0.4 is 14.8 Å². The molecule has 2 N–H and O–H groups in total. The second kappa shape index (κ2) is 11.0. The number of aliphatic hydroxyl groups is 1. The van der Waals surface area contributed by atoms with Crippen LogP contribution >= 0.6 is 0 Å². The molecule has 0 aliphatic heterocycles. The molecule has 3 aromatic rings. The summed E-state index contributed by atoms with van der Waals surface area (Å²) >= 11 is 0. The van der Waals surface area contributed by atoms with Gasteiger partial charge in [0.05, 0.1) is 43.0 Å². The molecule has 182 valence electrons. The Bertz CT molecular complexity index is 1070. The number of aromatic nitrogens is 3. The first-order valence-corrected chi connectivity index (χ1v) is 11.2. The monoisotopic (exact) mass is 468 g/mol. The molecule has 0 bridgehead atoms. The van der Waals surface area contributed by atoms with E-state index in [4.69, 9.17) is 14.2 Å². The maximum atomic E-state index is 11.7. The number of carbonyl (C=O) groups is 1. The lowest BCUT2D eigenvalue weighted by Gasteiger charge is -2.19. The molecule has 0 aliphatic carbocycles. The molecule has 0 radical (unpaired) electrons. The summed E-state index contributed by atoms with van der Waals surface area (Å²) < 4.78 is 17.8. The van der Waals surface area contributed by atoms with Gasteiger partial charge in [-0.25, -0.2) is 14.5 Å². The molecule has 1 unspecified atom stereocenters. The van der Waals surface area contributed by atoms with Crippen LogP contribution in [0.2, 0.25) is 0 Å². The molecular formula is C25H32N4O5. The van der Waals surface area contributed by atoms with Crippen molar-refractivity contribution in [2.24, 2.45) is 0 Å². The van der Waals surface area contributed by atoms with Crippen LogP contribution in [0.25, 0.3) is 16.9 Å². The topological polar surface area (TPSA) is 108 Å². The smallest absolute Gasteiger partial charge is 0.407 e. The molecule has 1 atom stereocenters. The van der Waals surface area contributed by atoms with Crippen molar-refractivity contribution in [3.8, 4) is 28.6 Å². The number of rotatable bonds is 9. The van der Waals surface area contributed by atoms with Gasteiger partial charge in [-0.1, -0.05) is 6.92 Å². The summed E-state index contributed by atoms with van der Waals surface area (Å²) in [5.41, 5.74) is 2.51. The molecular weight excluding hydrogens is 436 g/mol. The number of methoxy groups -OCH3 is 1. The van der Waals surface area contributed by atoms with Crippen LogP contribution in [0.1, 0.15) is 45.9 Å². The number of carbonyl (C=O) groups excluding carboxylic acids is 1. The Morgan fingerprint density at radius 3 is 2.50 bits per heavy atom. The van der Waals surface area contributed by atoms with Gasteiger partial charge in [-0.15, -0.1) is 0 Å². The first kappa shape index (κ1) is 25.0. The van der Waals surface area contributed by atoms with Crippen molar-refractivity contribution >= 4 is 6.09 Å². The maximum Gasteiger partial charge on any atom is 0.407 e. The molecule has 0 aliphatic rings. The summed E-state index contributed by atoms with van der Waals surface area (Å²) in [4.78, 5) is 16.0. The van der Waals surface area contributed by atoms with E-state index >= 15 is 0 Å². The van der Waals surface area contributed by atoms with Gasteiger partial charge in [0.1, 0.15) is 18.0 Å². The molecule has 9 heteroatoms. The molecule has 0 fully saturated rings. The zero-order valence-corrected chi connectivity index (χ0v) is 20.2. The highest BCUT2D eigenvalue weighted by atomic mass is 16.6. The largest absolute Gasteiger partial charge is 0.492 e. The van der Waals surface area contributed by atoms with E-state index in [0.29, 0.717) is 36.9 Å². The number of hydrogen-bond acceptors (Lipinski definition) is 7. The van der Waals surface area contributed by atoms with Gasteiger partial charge in [-0.05, 0) is 63.6 Å². The third-order valence-electron chi connectivity index (χ3n) is 4.82. The Balaban J connectivity index is 1.71. The van der Waals surface area contributed by atoms with E-state index < -0.39 is 17.8 Å². The number of alkyl carbamates (subject to hydrolysis) is 1. The van der Waals surface area contributed by atoms with E-state index in [-0.39, 0.29) is 0 Å². The van der Waals surface area contributed by atoms with Gasteiger partial charge in [0.15, 0.2) is 0 Å². The quantitative estimate of drug-likeness (QED) is 0.451. The van der Waals surface area contributed by atoms with E-state index in [1.54, 1.807) is 24.1 Å². The van der Waals surface area contributed by atoms with Gasteiger partial charge in [-0.3, -0.25) is 0 Å². The van der Waals surface area contributed by atoms with Crippen molar-refractivity contribution in [1.29, 1.82) is 0 Å². The fraction of sp³-hybridized carbons (Fsp3) is 0.400. The van der Waals surface area contributed by atoms with Crippen molar-refractivity contribution in [3.05, 3.63) is 54.4 Å². The van der Waals surface area contributed by atoms with Crippen LogP contribution in [0, 0.1) is 0 Å². The van der Waals surface area contributed by atoms with Crippen LogP contribution in [0.15, 0.2) is 48.7 Å². The van der Waals surface area contributed by atoms with Crippen LogP contribution in [0.5, 0.6) is 11.6 Å². The molecule has 2 heterocycles. The average molecular weight is 469 g/mol. The SMILES string of the molecule is CCC(O)c1cc(-c2ccc(OCCNC(=O)OC(C)(C)C)cc2)n(-c2ccc(OC)nc2)n1. The minimum atomic E-state index is -0.661. The molecule has 1 aromatic carbocycles. The molecule has 3 rings (SSSR count). The second-order valence-electron chi connectivity index (χ2n) is 8.65. The van der Waals surface area contributed by atoms with E-state index in [1.165, 1.54) is 0 Å². The second-order valence-corrected chi connectivity index (χ2v) is 8.65. The van der Waals surface area contributed by atoms with Crippen molar-refractivity contribution in [2.75, 3.05) is 20.3 Å². The van der Waals surface area contributed by atoms with Crippen molar-refractivity contribution < 1.29 is 24.1 Å². The Labute approximate surface area is 199 Å². The lowest BCUT2D eigenvalue weighted by molar-refractivity contribution is 0.0520. The zero-order valence-electron chi connectivity index (χ0n) is 20.2. The van der Waals surface area contributed by atoms with Crippen LogP contribution in [-0.4, -0.2) is 51.8 Å². The first-order chi connectivity index (χ1) is 16.2. The number of amides is 1. The standard InChI is InChI=1S/C25H32N4O5/c1-6-22(30)20-15-21(29(28-20)18-9-12-23(32-5)27-16-18)17-7-10-19(11-8-17)33-14-13-26-24(31)34-25(2,3)4/h7-12,15-16,22,30H,6,13-14H2,1-5H3,(H,26,31). The van der Waals surface area contributed by atoms with Gasteiger partial charge in [0, 0.05) is 11.6 Å². The number of ether oxygens (including phenoxy) is 3. The van der Waals surface area contributed by atoms with Crippen LogP contribution in [0.3, 0.4) is 0 Å². The molecule has 2 aromatic heterocycles. The Kier molecular flexibility index (Phi) is 8.12. The summed E-state index contributed by atoms with van der Waals surface area (Å²) in [5.74, 6) is 1.18. The number of nitrogens with one attached hydrogen (secondary N) is 1. The van der Waals surface area contributed by atoms with Crippen molar-refractivity contribution in [3.63, 3.8) is 0 Å². The highest BCUT2D eigenvalue weighted by Gasteiger charge is 2.17. The summed E-state index contributed by atoms with van der Waals surface area (Å²) in [6, 6.07) is 13.0. The molecule has 1 amide bonds. The molecule has 0 saturated carbocycles. The third kappa shape index (κ3) is 6.71. The van der Waals surface area contributed by atoms with E-state index in [2.05, 4.69) is 15.4 Å². The van der Waals surface area contributed by atoms with Gasteiger partial charge < -0.3 is 24.6 Å². The van der Waals surface area contributed by atoms with Gasteiger partial charge >= 0.3 is 6.09 Å². The third-order valence-corrected chi connectivity index (χ3v) is 4.82. The van der Waals surface area contributed by atoms with Crippen molar-refractivity contribution in [1.82, 2.24) is 20.1 Å². The lowest BCUT2D eigenvalue weighted by atomic mass is 10.1. The molecule has 0 saturated heterocycles. The Hall–Kier alpha value is -3.59. The van der Waals surface area contributed by atoms with Gasteiger partial charge in [0.2, 0.25) is 5.88 Å². The summed E-state index contributed by atoms with van der Waals surface area (Å²) in [5, 5.41) is 17.6. The summed E-state index contributed by atoms with van der Waals surface area (Å²) in [6.07, 6.45) is 1.10. The average Bonchev–Trinajstić information content (AvgIpc) is 3.26. The minimum Gasteiger partial charge on any atom is -0.492 e. The fourth-order valence-electron chi connectivity index (χ4n) is 3.15. The minimum absolute atomic E-state index is 0.306. The number of nitrogens with zero attached hydrogens (tertiary/aromatic N) is 3. The Morgan fingerprint density at radius 1 is 1.18 bits per heavy atom. The van der Waals surface area contributed by atoms with E-state index in [1.807, 2.05) is 64.1 Å². The Morgan fingerprint density at radius 2 is 1.91 bits per heavy atom.